The second kappa shape index (κ2) is 11.5. The van der Waals surface area contributed by atoms with Gasteiger partial charge in [0.1, 0.15) is 11.8 Å². The van der Waals surface area contributed by atoms with Crippen molar-refractivity contribution < 1.29 is 14.3 Å². The Morgan fingerprint density at radius 3 is 2.26 bits per heavy atom. The highest BCUT2D eigenvalue weighted by molar-refractivity contribution is 5.88. The largest absolute Gasteiger partial charge is 0.483 e. The summed E-state index contributed by atoms with van der Waals surface area (Å²) in [6.07, 6.45) is 0.533. The van der Waals surface area contributed by atoms with Crippen molar-refractivity contribution in [1.82, 2.24) is 10.2 Å². The van der Waals surface area contributed by atoms with Crippen LogP contribution in [0.5, 0.6) is 5.75 Å². The van der Waals surface area contributed by atoms with Gasteiger partial charge in [0.15, 0.2) is 6.61 Å². The molecule has 5 nitrogen and oxygen atoms in total. The molecule has 0 saturated heterocycles. The Labute approximate surface area is 186 Å². The quantitative estimate of drug-likeness (QED) is 0.608. The smallest absolute Gasteiger partial charge is 0.261 e. The summed E-state index contributed by atoms with van der Waals surface area (Å²) in [4.78, 5) is 27.8. The van der Waals surface area contributed by atoms with Crippen LogP contribution in [-0.2, 0) is 16.1 Å². The van der Waals surface area contributed by atoms with Gasteiger partial charge >= 0.3 is 0 Å². The zero-order chi connectivity index (χ0) is 23.0. The second-order valence-electron chi connectivity index (χ2n) is 8.63. The van der Waals surface area contributed by atoms with E-state index in [0.29, 0.717) is 31.2 Å². The van der Waals surface area contributed by atoms with E-state index >= 15 is 0 Å². The van der Waals surface area contributed by atoms with Crippen molar-refractivity contribution in [3.05, 3.63) is 64.7 Å². The summed E-state index contributed by atoms with van der Waals surface area (Å²) in [7, 11) is 0. The lowest BCUT2D eigenvalue weighted by molar-refractivity contribution is -0.143. The van der Waals surface area contributed by atoms with Gasteiger partial charge in [0.25, 0.3) is 5.91 Å². The van der Waals surface area contributed by atoms with Gasteiger partial charge in [-0.25, -0.2) is 0 Å². The summed E-state index contributed by atoms with van der Waals surface area (Å²) >= 11 is 0. The number of nitrogens with zero attached hydrogens (tertiary/aromatic N) is 1. The molecule has 5 heteroatoms. The van der Waals surface area contributed by atoms with Crippen LogP contribution < -0.4 is 10.1 Å². The van der Waals surface area contributed by atoms with Crippen LogP contribution in [0.3, 0.4) is 0 Å². The van der Waals surface area contributed by atoms with Crippen LogP contribution >= 0.6 is 0 Å². The molecule has 0 aliphatic carbocycles. The number of benzene rings is 2. The normalized spacial score (nSPS) is 11.8. The number of nitrogens with one attached hydrogen (secondary N) is 1. The molecule has 0 fully saturated rings. The maximum absolute atomic E-state index is 13.2. The van der Waals surface area contributed by atoms with Crippen LogP contribution in [0.2, 0.25) is 0 Å². The van der Waals surface area contributed by atoms with E-state index in [1.54, 1.807) is 4.90 Å². The number of ether oxygens (including phenoxy) is 1. The molecule has 2 rings (SSSR count). The van der Waals surface area contributed by atoms with E-state index in [9.17, 15) is 9.59 Å². The highest BCUT2D eigenvalue weighted by Crippen LogP contribution is 2.20. The van der Waals surface area contributed by atoms with Gasteiger partial charge in [-0.05, 0) is 55.9 Å². The summed E-state index contributed by atoms with van der Waals surface area (Å²) in [5.74, 6) is 0.715. The maximum atomic E-state index is 13.2. The molecule has 2 amide bonds. The van der Waals surface area contributed by atoms with Gasteiger partial charge in [-0.1, -0.05) is 62.7 Å². The number of amides is 2. The van der Waals surface area contributed by atoms with Crippen molar-refractivity contribution in [1.29, 1.82) is 0 Å². The first-order chi connectivity index (χ1) is 14.7. The summed E-state index contributed by atoms with van der Waals surface area (Å²) in [5.41, 5.74) is 4.19. The fraction of sp³-hybridized carbons (Fsp3) is 0.462. The molecule has 0 spiro atoms. The fourth-order valence-electron chi connectivity index (χ4n) is 3.32. The highest BCUT2D eigenvalue weighted by atomic mass is 16.5. The summed E-state index contributed by atoms with van der Waals surface area (Å²) < 4.78 is 5.87. The summed E-state index contributed by atoms with van der Waals surface area (Å²) in [5, 5.41) is 2.98. The van der Waals surface area contributed by atoms with Crippen molar-refractivity contribution in [2.45, 2.75) is 60.5 Å². The van der Waals surface area contributed by atoms with Crippen molar-refractivity contribution in [2.75, 3.05) is 13.2 Å². The van der Waals surface area contributed by atoms with E-state index < -0.39 is 6.04 Å². The third kappa shape index (κ3) is 7.42. The molecule has 31 heavy (non-hydrogen) atoms. The Morgan fingerprint density at radius 2 is 1.65 bits per heavy atom. The number of rotatable bonds is 10. The zero-order valence-corrected chi connectivity index (χ0v) is 19.7. The monoisotopic (exact) mass is 424 g/mol. The van der Waals surface area contributed by atoms with Crippen LogP contribution in [0.1, 0.15) is 49.4 Å². The van der Waals surface area contributed by atoms with Gasteiger partial charge in [0, 0.05) is 13.1 Å². The Hall–Kier alpha value is -2.82. The summed E-state index contributed by atoms with van der Waals surface area (Å²) in [6.45, 7) is 12.8. The first-order valence-electron chi connectivity index (χ1n) is 11.0. The average molecular weight is 425 g/mol. The van der Waals surface area contributed by atoms with E-state index in [1.165, 1.54) is 0 Å². The van der Waals surface area contributed by atoms with Crippen LogP contribution in [-0.4, -0.2) is 35.9 Å². The molecular formula is C26H36N2O3. The Balaban J connectivity index is 2.21. The molecule has 0 bridgehead atoms. The number of hydrogen-bond donors (Lipinski definition) is 1. The molecule has 1 atom stereocenters. The van der Waals surface area contributed by atoms with E-state index in [1.807, 2.05) is 70.2 Å². The molecule has 168 valence electrons. The van der Waals surface area contributed by atoms with Gasteiger partial charge in [-0.2, -0.15) is 0 Å². The zero-order valence-electron chi connectivity index (χ0n) is 19.7. The SMILES string of the molecule is CC[C@@H](C(=O)NCC(C)C)N(Cc1ccc(C)cc1)C(=O)COc1cc(C)ccc1C. The van der Waals surface area contributed by atoms with E-state index in [-0.39, 0.29) is 18.4 Å². The predicted octanol–water partition coefficient (Wildman–Crippen LogP) is 4.57. The van der Waals surface area contributed by atoms with Crippen LogP contribution in [0.25, 0.3) is 0 Å². The Morgan fingerprint density at radius 1 is 1.00 bits per heavy atom. The average Bonchev–Trinajstić information content (AvgIpc) is 2.73. The van der Waals surface area contributed by atoms with Gasteiger partial charge in [0.2, 0.25) is 5.91 Å². The first kappa shape index (κ1) is 24.4. The van der Waals surface area contributed by atoms with Crippen molar-refractivity contribution in [3.63, 3.8) is 0 Å². The second-order valence-corrected chi connectivity index (χ2v) is 8.63. The molecule has 0 radical (unpaired) electrons. The third-order valence-corrected chi connectivity index (χ3v) is 5.24. The molecule has 0 heterocycles. The molecule has 1 N–H and O–H groups in total. The van der Waals surface area contributed by atoms with Gasteiger partial charge in [-0.15, -0.1) is 0 Å². The molecular weight excluding hydrogens is 388 g/mol. The number of aryl methyl sites for hydroxylation is 3. The molecule has 0 unspecified atom stereocenters. The lowest BCUT2D eigenvalue weighted by atomic mass is 10.1. The maximum Gasteiger partial charge on any atom is 0.261 e. The molecule has 0 aromatic heterocycles. The van der Waals surface area contributed by atoms with Crippen LogP contribution in [0, 0.1) is 26.7 Å². The molecule has 0 saturated carbocycles. The van der Waals surface area contributed by atoms with Gasteiger partial charge in [0.05, 0.1) is 0 Å². The van der Waals surface area contributed by atoms with Crippen LogP contribution in [0.15, 0.2) is 42.5 Å². The summed E-state index contributed by atoms with van der Waals surface area (Å²) in [6, 6.07) is 13.4. The van der Waals surface area contributed by atoms with E-state index in [0.717, 1.165) is 22.3 Å². The van der Waals surface area contributed by atoms with E-state index in [4.69, 9.17) is 4.74 Å². The first-order valence-corrected chi connectivity index (χ1v) is 11.0. The number of hydrogen-bond acceptors (Lipinski definition) is 3. The molecule has 2 aromatic carbocycles. The third-order valence-electron chi connectivity index (χ3n) is 5.24. The van der Waals surface area contributed by atoms with Crippen molar-refractivity contribution in [2.24, 2.45) is 5.92 Å². The Kier molecular flexibility index (Phi) is 9.10. The lowest BCUT2D eigenvalue weighted by Crippen LogP contribution is -2.50. The predicted molar refractivity (Wildman–Crippen MR) is 125 cm³/mol. The topological polar surface area (TPSA) is 58.6 Å². The van der Waals surface area contributed by atoms with Crippen molar-refractivity contribution in [3.8, 4) is 5.75 Å². The van der Waals surface area contributed by atoms with Gasteiger partial charge < -0.3 is 15.0 Å². The lowest BCUT2D eigenvalue weighted by Gasteiger charge is -2.31. The van der Waals surface area contributed by atoms with Crippen LogP contribution in [0.4, 0.5) is 0 Å². The van der Waals surface area contributed by atoms with Gasteiger partial charge in [-0.3, -0.25) is 9.59 Å². The molecule has 0 aliphatic heterocycles. The minimum atomic E-state index is -0.547. The highest BCUT2D eigenvalue weighted by Gasteiger charge is 2.29. The standard InChI is InChI=1S/C26H36N2O3/c1-7-23(26(30)27-15-18(2)3)28(16-22-12-9-19(4)10-13-22)25(29)17-31-24-14-20(5)8-11-21(24)6/h8-14,18,23H,7,15-17H2,1-6H3,(H,27,30)/t23-/m0/s1. The number of carbonyl (C=O) groups is 2. The number of carbonyl (C=O) groups excluding carboxylic acids is 2. The fourth-order valence-corrected chi connectivity index (χ4v) is 3.32. The minimum absolute atomic E-state index is 0.107. The molecule has 0 aliphatic rings. The van der Waals surface area contributed by atoms with E-state index in [2.05, 4.69) is 19.2 Å². The Bertz CT molecular complexity index is 875. The molecule has 2 aromatic rings. The minimum Gasteiger partial charge on any atom is -0.483 e. The van der Waals surface area contributed by atoms with Crippen molar-refractivity contribution >= 4 is 11.8 Å².